The summed E-state index contributed by atoms with van der Waals surface area (Å²) in [5.74, 6) is 3.10. The van der Waals surface area contributed by atoms with E-state index in [0.29, 0.717) is 37.5 Å². The van der Waals surface area contributed by atoms with Crippen molar-refractivity contribution in [3.05, 3.63) is 47.0 Å². The van der Waals surface area contributed by atoms with E-state index in [1.807, 2.05) is 37.3 Å². The van der Waals surface area contributed by atoms with E-state index in [4.69, 9.17) is 18.9 Å². The number of aryl methyl sites for hydroxylation is 1. The van der Waals surface area contributed by atoms with Crippen molar-refractivity contribution in [2.24, 2.45) is 0 Å². The van der Waals surface area contributed by atoms with Crippen molar-refractivity contribution in [2.75, 3.05) is 20.8 Å². The van der Waals surface area contributed by atoms with Gasteiger partial charge in [-0.2, -0.15) is 0 Å². The molecule has 3 rings (SSSR count). The molecular weight excluding hydrogens is 370 g/mol. The number of methoxy groups -OCH3 is 2. The van der Waals surface area contributed by atoms with E-state index >= 15 is 0 Å². The molecule has 1 aliphatic rings. The zero-order chi connectivity index (χ0) is 20.8. The lowest BCUT2D eigenvalue weighted by molar-refractivity contribution is -0.121. The summed E-state index contributed by atoms with van der Waals surface area (Å²) in [6.45, 7) is 4.99. The lowest BCUT2D eigenvalue weighted by atomic mass is 10.1. The minimum Gasteiger partial charge on any atom is -0.497 e. The molecule has 0 radical (unpaired) electrons. The van der Waals surface area contributed by atoms with Crippen molar-refractivity contribution in [2.45, 2.75) is 45.8 Å². The van der Waals surface area contributed by atoms with Crippen LogP contribution in [0.25, 0.3) is 0 Å². The zero-order valence-electron chi connectivity index (χ0n) is 17.5. The van der Waals surface area contributed by atoms with E-state index in [-0.39, 0.29) is 12.0 Å². The van der Waals surface area contributed by atoms with Crippen LogP contribution in [0.1, 0.15) is 37.0 Å². The Balaban J connectivity index is 1.60. The van der Waals surface area contributed by atoms with Gasteiger partial charge in [-0.1, -0.05) is 0 Å². The second-order valence-electron chi connectivity index (χ2n) is 7.13. The summed E-state index contributed by atoms with van der Waals surface area (Å²) in [5.41, 5.74) is 3.07. The molecule has 0 bridgehead atoms. The standard InChI is InChI=1S/C23H29NO5/c1-5-28-21-11-17-8-15(2)29-22(17)12-18(21)14-24-23(25)7-6-16-9-19(26-3)13-20(10-16)27-4/h9-13,15H,5-8,14H2,1-4H3,(H,24,25)/t15-/m0/s1. The third-order valence-corrected chi connectivity index (χ3v) is 4.91. The van der Waals surface area contributed by atoms with Crippen molar-refractivity contribution in [3.8, 4) is 23.0 Å². The number of rotatable bonds is 9. The number of hydrogen-bond acceptors (Lipinski definition) is 5. The van der Waals surface area contributed by atoms with Crippen LogP contribution in [-0.2, 0) is 24.2 Å². The van der Waals surface area contributed by atoms with Gasteiger partial charge >= 0.3 is 0 Å². The Morgan fingerprint density at radius 1 is 1.14 bits per heavy atom. The molecule has 2 aromatic rings. The summed E-state index contributed by atoms with van der Waals surface area (Å²) in [6, 6.07) is 9.67. The van der Waals surface area contributed by atoms with Crippen molar-refractivity contribution in [1.82, 2.24) is 5.32 Å². The Bertz CT molecular complexity index is 842. The first-order valence-corrected chi connectivity index (χ1v) is 9.96. The number of carbonyl (C=O) groups is 1. The van der Waals surface area contributed by atoms with Crippen LogP contribution in [0.4, 0.5) is 0 Å². The van der Waals surface area contributed by atoms with Crippen LogP contribution < -0.4 is 24.3 Å². The Labute approximate surface area is 172 Å². The fourth-order valence-electron chi connectivity index (χ4n) is 3.46. The average molecular weight is 399 g/mol. The lowest BCUT2D eigenvalue weighted by Crippen LogP contribution is -2.23. The molecule has 156 valence electrons. The number of fused-ring (bicyclic) bond motifs is 1. The topological polar surface area (TPSA) is 66.0 Å². The fraction of sp³-hybridized carbons (Fsp3) is 0.435. The molecule has 29 heavy (non-hydrogen) atoms. The Morgan fingerprint density at radius 3 is 2.52 bits per heavy atom. The lowest BCUT2D eigenvalue weighted by Gasteiger charge is -2.13. The molecule has 0 aliphatic carbocycles. The molecule has 0 saturated heterocycles. The molecule has 0 saturated carbocycles. The number of carbonyl (C=O) groups excluding carboxylic acids is 1. The molecule has 2 aromatic carbocycles. The van der Waals surface area contributed by atoms with Crippen molar-refractivity contribution >= 4 is 5.91 Å². The van der Waals surface area contributed by atoms with Gasteiger partial charge in [-0.15, -0.1) is 0 Å². The van der Waals surface area contributed by atoms with Crippen molar-refractivity contribution in [1.29, 1.82) is 0 Å². The van der Waals surface area contributed by atoms with Gasteiger partial charge in [0.15, 0.2) is 0 Å². The molecule has 1 atom stereocenters. The highest BCUT2D eigenvalue weighted by Gasteiger charge is 2.22. The normalized spacial score (nSPS) is 14.7. The fourth-order valence-corrected chi connectivity index (χ4v) is 3.46. The van der Waals surface area contributed by atoms with E-state index in [0.717, 1.165) is 34.6 Å². The number of benzene rings is 2. The molecule has 6 nitrogen and oxygen atoms in total. The Hall–Kier alpha value is -2.89. The van der Waals surface area contributed by atoms with Gasteiger partial charge in [-0.3, -0.25) is 4.79 Å². The van der Waals surface area contributed by atoms with Crippen LogP contribution >= 0.6 is 0 Å². The molecule has 0 unspecified atom stereocenters. The molecule has 1 amide bonds. The second kappa shape index (κ2) is 9.54. The SMILES string of the molecule is CCOc1cc2c(cc1CNC(=O)CCc1cc(OC)cc(OC)c1)O[C@@H](C)C2. The van der Waals surface area contributed by atoms with Gasteiger partial charge in [0, 0.05) is 36.6 Å². The zero-order valence-corrected chi connectivity index (χ0v) is 17.5. The van der Waals surface area contributed by atoms with Gasteiger partial charge in [0.05, 0.1) is 20.8 Å². The summed E-state index contributed by atoms with van der Waals surface area (Å²) < 4.78 is 22.2. The van der Waals surface area contributed by atoms with Gasteiger partial charge in [-0.25, -0.2) is 0 Å². The minimum absolute atomic E-state index is 0.0241. The first-order chi connectivity index (χ1) is 14.0. The molecule has 1 heterocycles. The Kier molecular flexibility index (Phi) is 6.86. The third-order valence-electron chi connectivity index (χ3n) is 4.91. The maximum Gasteiger partial charge on any atom is 0.220 e. The van der Waals surface area contributed by atoms with Gasteiger partial charge in [0.1, 0.15) is 29.1 Å². The maximum atomic E-state index is 12.4. The van der Waals surface area contributed by atoms with Crippen LogP contribution in [0.5, 0.6) is 23.0 Å². The highest BCUT2D eigenvalue weighted by atomic mass is 16.5. The highest BCUT2D eigenvalue weighted by molar-refractivity contribution is 5.76. The van der Waals surface area contributed by atoms with Crippen molar-refractivity contribution < 1.29 is 23.7 Å². The molecule has 1 N–H and O–H groups in total. The minimum atomic E-state index is -0.0241. The second-order valence-corrected chi connectivity index (χ2v) is 7.13. The smallest absolute Gasteiger partial charge is 0.220 e. The Morgan fingerprint density at radius 2 is 1.86 bits per heavy atom. The summed E-state index contributed by atoms with van der Waals surface area (Å²) in [4.78, 5) is 12.4. The molecule has 6 heteroatoms. The van der Waals surface area contributed by atoms with Gasteiger partial charge in [0.25, 0.3) is 0 Å². The first-order valence-electron chi connectivity index (χ1n) is 9.96. The molecule has 1 aliphatic heterocycles. The number of amides is 1. The number of hydrogen-bond donors (Lipinski definition) is 1. The van der Waals surface area contributed by atoms with E-state index in [1.165, 1.54) is 0 Å². The number of nitrogens with one attached hydrogen (secondary N) is 1. The van der Waals surface area contributed by atoms with E-state index in [1.54, 1.807) is 14.2 Å². The summed E-state index contributed by atoms with van der Waals surface area (Å²) in [7, 11) is 3.23. The number of ether oxygens (including phenoxy) is 4. The maximum absolute atomic E-state index is 12.4. The average Bonchev–Trinajstić information content (AvgIpc) is 3.09. The summed E-state index contributed by atoms with van der Waals surface area (Å²) in [6.07, 6.45) is 2.03. The van der Waals surface area contributed by atoms with Crippen molar-refractivity contribution in [3.63, 3.8) is 0 Å². The third kappa shape index (κ3) is 5.34. The van der Waals surface area contributed by atoms with Gasteiger partial charge in [0.2, 0.25) is 5.91 Å². The predicted molar refractivity (Wildman–Crippen MR) is 111 cm³/mol. The summed E-state index contributed by atoms with van der Waals surface area (Å²) >= 11 is 0. The largest absolute Gasteiger partial charge is 0.497 e. The molecule has 0 aromatic heterocycles. The monoisotopic (exact) mass is 399 g/mol. The highest BCUT2D eigenvalue weighted by Crippen LogP contribution is 2.35. The van der Waals surface area contributed by atoms with E-state index in [2.05, 4.69) is 12.2 Å². The van der Waals surface area contributed by atoms with E-state index < -0.39 is 0 Å². The predicted octanol–water partition coefficient (Wildman–Crippen LogP) is 3.67. The molecule has 0 spiro atoms. The van der Waals surface area contributed by atoms with Gasteiger partial charge in [-0.05, 0) is 50.1 Å². The van der Waals surface area contributed by atoms with E-state index in [9.17, 15) is 4.79 Å². The van der Waals surface area contributed by atoms with Crippen LogP contribution in [0.2, 0.25) is 0 Å². The van der Waals surface area contributed by atoms with Gasteiger partial charge < -0.3 is 24.3 Å². The van der Waals surface area contributed by atoms with Crippen LogP contribution in [0, 0.1) is 0 Å². The first kappa shape index (κ1) is 20.8. The van der Waals surface area contributed by atoms with Crippen LogP contribution in [0.3, 0.4) is 0 Å². The van der Waals surface area contributed by atoms with Crippen LogP contribution in [0.15, 0.2) is 30.3 Å². The molecule has 0 fully saturated rings. The summed E-state index contributed by atoms with van der Waals surface area (Å²) in [5, 5.41) is 2.99. The quantitative estimate of drug-likeness (QED) is 0.697. The van der Waals surface area contributed by atoms with Crippen LogP contribution in [-0.4, -0.2) is 32.8 Å². The molecular formula is C23H29NO5.